The van der Waals surface area contributed by atoms with Gasteiger partial charge in [-0.05, 0) is 44.1 Å². The van der Waals surface area contributed by atoms with Gasteiger partial charge >= 0.3 is 0 Å². The normalized spacial score (nSPS) is 31.2. The first-order chi connectivity index (χ1) is 11.4. The Morgan fingerprint density at radius 3 is 2.29 bits per heavy atom. The van der Waals surface area contributed by atoms with Gasteiger partial charge in [0.2, 0.25) is 0 Å². The number of benzene rings is 1. The Labute approximate surface area is 152 Å². The molecule has 1 fully saturated rings. The van der Waals surface area contributed by atoms with Crippen molar-refractivity contribution < 1.29 is 14.3 Å². The van der Waals surface area contributed by atoms with Crippen molar-refractivity contribution in [2.45, 2.75) is 87.3 Å². The summed E-state index contributed by atoms with van der Waals surface area (Å²) in [6.07, 6.45) is 0.242. The van der Waals surface area contributed by atoms with E-state index in [1.165, 1.54) is 4.90 Å². The maximum atomic E-state index is 11.1. The van der Waals surface area contributed by atoms with E-state index < -0.39 is 13.9 Å². The molecule has 1 saturated heterocycles. The van der Waals surface area contributed by atoms with Gasteiger partial charge in [0, 0.05) is 11.3 Å². The SMILES string of the molecule is CC[Si](CC)(CC)O[C@H]1[C@H](C)O[C@@H](Sc2ccccc2)C[C@@]1(C)O. The average molecular weight is 369 g/mol. The van der Waals surface area contributed by atoms with Crippen LogP contribution in [0.3, 0.4) is 0 Å². The molecule has 5 heteroatoms. The van der Waals surface area contributed by atoms with Gasteiger partial charge in [0.25, 0.3) is 0 Å². The third-order valence-electron chi connectivity index (χ3n) is 5.31. The van der Waals surface area contributed by atoms with Gasteiger partial charge in [0.05, 0.1) is 17.8 Å². The molecule has 1 N–H and O–H groups in total. The second-order valence-corrected chi connectivity index (χ2v) is 13.0. The van der Waals surface area contributed by atoms with Crippen LogP contribution >= 0.6 is 11.8 Å². The predicted octanol–water partition coefficient (Wildman–Crippen LogP) is 5.06. The molecular formula is C19H32O3SSi. The van der Waals surface area contributed by atoms with E-state index in [-0.39, 0.29) is 17.6 Å². The van der Waals surface area contributed by atoms with E-state index in [2.05, 4.69) is 32.9 Å². The van der Waals surface area contributed by atoms with Gasteiger partial charge in [0.15, 0.2) is 8.32 Å². The van der Waals surface area contributed by atoms with Gasteiger partial charge in [-0.15, -0.1) is 0 Å². The molecule has 1 aliphatic rings. The molecule has 1 heterocycles. The van der Waals surface area contributed by atoms with Crippen LogP contribution in [0.5, 0.6) is 0 Å². The van der Waals surface area contributed by atoms with Gasteiger partial charge in [-0.1, -0.05) is 50.7 Å². The Kier molecular flexibility index (Phi) is 6.97. The number of hydrogen-bond acceptors (Lipinski definition) is 4. The van der Waals surface area contributed by atoms with Crippen LogP contribution in [0.15, 0.2) is 35.2 Å². The monoisotopic (exact) mass is 368 g/mol. The lowest BCUT2D eigenvalue weighted by Crippen LogP contribution is -2.59. The summed E-state index contributed by atoms with van der Waals surface area (Å²) in [5.74, 6) is 0. The lowest BCUT2D eigenvalue weighted by Gasteiger charge is -2.48. The Hall–Kier alpha value is -0.333. The Morgan fingerprint density at radius 1 is 1.21 bits per heavy atom. The molecule has 1 aliphatic heterocycles. The highest BCUT2D eigenvalue weighted by Gasteiger charge is 2.48. The molecule has 4 atom stereocenters. The summed E-state index contributed by atoms with van der Waals surface area (Å²) in [7, 11) is -1.78. The van der Waals surface area contributed by atoms with Crippen molar-refractivity contribution in [3.8, 4) is 0 Å². The van der Waals surface area contributed by atoms with Gasteiger partial charge in [-0.25, -0.2) is 0 Å². The standard InChI is InChI=1S/C19H32O3SSi/c1-6-24(7-2,8-3)22-18-15(4)21-17(14-19(18,5)20)23-16-12-10-9-11-13-16/h9-13,15,17-18,20H,6-8,14H2,1-5H3/t15-,17-,18-,19+/m0/s1. The summed E-state index contributed by atoms with van der Waals surface area (Å²) in [6.45, 7) is 10.6. The summed E-state index contributed by atoms with van der Waals surface area (Å²) >= 11 is 1.68. The van der Waals surface area contributed by atoms with E-state index in [4.69, 9.17) is 9.16 Å². The molecule has 2 rings (SSSR count). The van der Waals surface area contributed by atoms with Crippen LogP contribution in [0.2, 0.25) is 18.1 Å². The molecule has 0 unspecified atom stereocenters. The van der Waals surface area contributed by atoms with E-state index in [0.29, 0.717) is 6.42 Å². The first-order valence-electron chi connectivity index (χ1n) is 9.13. The van der Waals surface area contributed by atoms with Crippen molar-refractivity contribution in [3.63, 3.8) is 0 Å². The van der Waals surface area contributed by atoms with Crippen LogP contribution < -0.4 is 0 Å². The Balaban J connectivity index is 2.09. The number of rotatable bonds is 7. The summed E-state index contributed by atoms with van der Waals surface area (Å²) < 4.78 is 12.8. The highest BCUT2D eigenvalue weighted by molar-refractivity contribution is 7.99. The smallest absolute Gasteiger partial charge is 0.192 e. The minimum Gasteiger partial charge on any atom is -0.408 e. The predicted molar refractivity (Wildman–Crippen MR) is 104 cm³/mol. The lowest BCUT2D eigenvalue weighted by molar-refractivity contribution is -0.177. The highest BCUT2D eigenvalue weighted by Crippen LogP contribution is 2.40. The first-order valence-corrected chi connectivity index (χ1v) is 12.5. The zero-order valence-electron chi connectivity index (χ0n) is 15.6. The average Bonchev–Trinajstić information content (AvgIpc) is 2.56. The molecule has 3 nitrogen and oxygen atoms in total. The summed E-state index contributed by atoms with van der Waals surface area (Å²) in [5.41, 5.74) is -0.903. The van der Waals surface area contributed by atoms with Crippen LogP contribution in [0.1, 0.15) is 41.0 Å². The minimum absolute atomic E-state index is 0.0433. The van der Waals surface area contributed by atoms with Crippen molar-refractivity contribution in [2.75, 3.05) is 0 Å². The van der Waals surface area contributed by atoms with Gasteiger partial charge in [-0.2, -0.15) is 0 Å². The second-order valence-electron chi connectivity index (χ2n) is 7.05. The molecule has 0 radical (unpaired) electrons. The Bertz CT molecular complexity index is 496. The van der Waals surface area contributed by atoms with Crippen LogP contribution in [-0.2, 0) is 9.16 Å². The molecule has 0 saturated carbocycles. The number of thioether (sulfide) groups is 1. The zero-order valence-corrected chi connectivity index (χ0v) is 17.4. The van der Waals surface area contributed by atoms with Crippen molar-refractivity contribution in [2.24, 2.45) is 0 Å². The summed E-state index contributed by atoms with van der Waals surface area (Å²) in [5, 5.41) is 11.1. The number of ether oxygens (including phenoxy) is 1. The number of hydrogen-bond donors (Lipinski definition) is 1. The van der Waals surface area contributed by atoms with Crippen molar-refractivity contribution in [3.05, 3.63) is 30.3 Å². The molecule has 24 heavy (non-hydrogen) atoms. The van der Waals surface area contributed by atoms with Gasteiger partial charge < -0.3 is 14.3 Å². The molecule has 0 aliphatic carbocycles. The molecular weight excluding hydrogens is 336 g/mol. The van der Waals surface area contributed by atoms with Crippen molar-refractivity contribution in [1.29, 1.82) is 0 Å². The largest absolute Gasteiger partial charge is 0.408 e. The third-order valence-corrected chi connectivity index (χ3v) is 11.0. The molecule has 1 aromatic rings. The van der Waals surface area contributed by atoms with Crippen LogP contribution in [0.4, 0.5) is 0 Å². The van der Waals surface area contributed by atoms with E-state index >= 15 is 0 Å². The molecule has 0 aromatic heterocycles. The molecule has 1 aromatic carbocycles. The topological polar surface area (TPSA) is 38.7 Å². The summed E-state index contributed by atoms with van der Waals surface area (Å²) in [4.78, 5) is 1.17. The van der Waals surface area contributed by atoms with E-state index in [1.807, 2.05) is 32.0 Å². The fraction of sp³-hybridized carbons (Fsp3) is 0.684. The van der Waals surface area contributed by atoms with Gasteiger partial charge in [0.1, 0.15) is 5.44 Å². The zero-order chi connectivity index (χ0) is 17.8. The number of aliphatic hydroxyl groups is 1. The molecule has 136 valence electrons. The maximum absolute atomic E-state index is 11.1. The van der Waals surface area contributed by atoms with Crippen LogP contribution in [0.25, 0.3) is 0 Å². The maximum Gasteiger partial charge on any atom is 0.192 e. The quantitative estimate of drug-likeness (QED) is 0.683. The van der Waals surface area contributed by atoms with Crippen molar-refractivity contribution in [1.82, 2.24) is 0 Å². The second kappa shape index (κ2) is 8.36. The molecule has 0 spiro atoms. The highest BCUT2D eigenvalue weighted by atomic mass is 32.2. The lowest BCUT2D eigenvalue weighted by atomic mass is 9.90. The fourth-order valence-electron chi connectivity index (χ4n) is 3.53. The molecule has 0 bridgehead atoms. The van der Waals surface area contributed by atoms with Crippen molar-refractivity contribution >= 4 is 20.1 Å². The van der Waals surface area contributed by atoms with E-state index in [1.54, 1.807) is 11.8 Å². The van der Waals surface area contributed by atoms with E-state index in [9.17, 15) is 5.11 Å². The first kappa shape index (κ1) is 20.0. The van der Waals surface area contributed by atoms with E-state index in [0.717, 1.165) is 18.1 Å². The fourth-order valence-corrected chi connectivity index (χ4v) is 7.78. The minimum atomic E-state index is -1.78. The molecule has 0 amide bonds. The third kappa shape index (κ3) is 4.64. The summed E-state index contributed by atoms with van der Waals surface area (Å²) in [6, 6.07) is 13.5. The Morgan fingerprint density at radius 2 is 1.79 bits per heavy atom. The van der Waals surface area contributed by atoms with Gasteiger partial charge in [-0.3, -0.25) is 0 Å². The van der Waals surface area contributed by atoms with Crippen LogP contribution in [0, 0.1) is 0 Å². The van der Waals surface area contributed by atoms with Crippen LogP contribution in [-0.4, -0.2) is 36.7 Å².